The maximum Gasteiger partial charge on any atom is 0.279 e. The first-order valence-electron chi connectivity index (χ1n) is 10.0. The molecular weight excluding hydrogens is 366 g/mol. The minimum atomic E-state index is -0.334. The van der Waals surface area contributed by atoms with E-state index in [9.17, 15) is 9.59 Å². The number of methoxy groups -OCH3 is 1. The number of carbonyl (C=O) groups is 2. The summed E-state index contributed by atoms with van der Waals surface area (Å²) in [5.74, 6) is 0.765. The highest BCUT2D eigenvalue weighted by atomic mass is 16.5. The van der Waals surface area contributed by atoms with Gasteiger partial charge < -0.3 is 20.3 Å². The van der Waals surface area contributed by atoms with Crippen LogP contribution in [0.25, 0.3) is 0 Å². The lowest BCUT2D eigenvalue weighted by atomic mass is 9.96. The molecule has 0 heterocycles. The molecule has 1 unspecified atom stereocenters. The molecule has 0 spiro atoms. The molecule has 0 aromatic heterocycles. The van der Waals surface area contributed by atoms with Crippen molar-refractivity contribution in [3.63, 3.8) is 0 Å². The highest BCUT2D eigenvalue weighted by Crippen LogP contribution is 2.18. The van der Waals surface area contributed by atoms with Gasteiger partial charge in [-0.25, -0.2) is 0 Å². The normalized spacial score (nSPS) is 13.8. The van der Waals surface area contributed by atoms with Crippen LogP contribution < -0.4 is 20.3 Å². The first-order valence-corrected chi connectivity index (χ1v) is 10.0. The van der Waals surface area contributed by atoms with Gasteiger partial charge in [0.05, 0.1) is 14.2 Å². The zero-order valence-corrected chi connectivity index (χ0v) is 17.7. The molecule has 0 aliphatic rings. The summed E-state index contributed by atoms with van der Waals surface area (Å²) < 4.78 is 5.17. The summed E-state index contributed by atoms with van der Waals surface area (Å²) >= 11 is 0. The predicted molar refractivity (Wildman–Crippen MR) is 115 cm³/mol. The average molecular weight is 399 g/mol. The first-order chi connectivity index (χ1) is 13.9. The van der Waals surface area contributed by atoms with E-state index in [1.54, 1.807) is 19.2 Å². The number of nitrogens with one attached hydrogen (secondary N) is 3. The Morgan fingerprint density at radius 2 is 1.83 bits per heavy atom. The third kappa shape index (κ3) is 6.91. The molecule has 156 valence electrons. The topological polar surface area (TPSA) is 71.9 Å². The highest BCUT2D eigenvalue weighted by Gasteiger charge is 2.24. The quantitative estimate of drug-likeness (QED) is 0.572. The lowest BCUT2D eigenvalue weighted by Crippen LogP contribution is -3.15. The Balaban J connectivity index is 1.84. The minimum absolute atomic E-state index is 0.0499. The molecule has 0 radical (unpaired) electrons. The number of hydrogen-bond donors (Lipinski definition) is 3. The number of anilines is 1. The molecule has 2 aromatic rings. The Kier molecular flexibility index (Phi) is 8.68. The summed E-state index contributed by atoms with van der Waals surface area (Å²) in [7, 11) is 3.43. The minimum Gasteiger partial charge on any atom is -0.497 e. The molecule has 0 saturated heterocycles. The van der Waals surface area contributed by atoms with Gasteiger partial charge in [0.1, 0.15) is 5.75 Å². The van der Waals surface area contributed by atoms with Crippen LogP contribution in [-0.2, 0) is 9.59 Å². The van der Waals surface area contributed by atoms with E-state index >= 15 is 0 Å². The van der Waals surface area contributed by atoms with E-state index in [-0.39, 0.29) is 30.3 Å². The van der Waals surface area contributed by atoms with Crippen molar-refractivity contribution < 1.29 is 19.2 Å². The van der Waals surface area contributed by atoms with E-state index in [1.807, 2.05) is 44.3 Å². The number of quaternary nitrogens is 1. The molecule has 0 bridgehead atoms. The van der Waals surface area contributed by atoms with Gasteiger partial charge in [-0.2, -0.15) is 0 Å². The molecule has 2 aromatic carbocycles. The van der Waals surface area contributed by atoms with Gasteiger partial charge in [0, 0.05) is 24.2 Å². The van der Waals surface area contributed by atoms with E-state index in [0.717, 1.165) is 11.3 Å². The van der Waals surface area contributed by atoms with Crippen molar-refractivity contribution in [2.75, 3.05) is 32.6 Å². The van der Waals surface area contributed by atoms with Crippen molar-refractivity contribution >= 4 is 17.5 Å². The molecule has 6 heteroatoms. The monoisotopic (exact) mass is 398 g/mol. The van der Waals surface area contributed by atoms with Crippen LogP contribution in [0.3, 0.4) is 0 Å². The van der Waals surface area contributed by atoms with Crippen LogP contribution in [0.5, 0.6) is 5.75 Å². The number of rotatable bonds is 10. The van der Waals surface area contributed by atoms with Crippen molar-refractivity contribution in [3.8, 4) is 5.75 Å². The lowest BCUT2D eigenvalue weighted by Gasteiger charge is -2.22. The summed E-state index contributed by atoms with van der Waals surface area (Å²) in [6.07, 6.45) is 0.949. The van der Waals surface area contributed by atoms with Crippen molar-refractivity contribution in [2.45, 2.75) is 32.2 Å². The lowest BCUT2D eigenvalue weighted by molar-refractivity contribution is -0.885. The van der Waals surface area contributed by atoms with Gasteiger partial charge in [0.25, 0.3) is 11.8 Å². The van der Waals surface area contributed by atoms with Crippen molar-refractivity contribution in [3.05, 3.63) is 60.2 Å². The second-order valence-electron chi connectivity index (χ2n) is 7.29. The number of carbonyl (C=O) groups excluding carboxylic acids is 2. The van der Waals surface area contributed by atoms with Crippen molar-refractivity contribution in [1.29, 1.82) is 0 Å². The number of hydrogen-bond acceptors (Lipinski definition) is 3. The number of amides is 2. The van der Waals surface area contributed by atoms with Gasteiger partial charge >= 0.3 is 0 Å². The van der Waals surface area contributed by atoms with Gasteiger partial charge in [-0.3, -0.25) is 9.59 Å². The maximum atomic E-state index is 12.6. The van der Waals surface area contributed by atoms with Gasteiger partial charge in [0.2, 0.25) is 0 Å². The second-order valence-corrected chi connectivity index (χ2v) is 7.29. The summed E-state index contributed by atoms with van der Waals surface area (Å²) in [6.45, 7) is 4.75. The molecule has 0 aliphatic heterocycles. The first kappa shape index (κ1) is 22.4. The van der Waals surface area contributed by atoms with Crippen LogP contribution in [0, 0.1) is 0 Å². The fraction of sp³-hybridized carbons (Fsp3) is 0.391. The van der Waals surface area contributed by atoms with Crippen LogP contribution in [0.1, 0.15) is 31.7 Å². The molecule has 3 atom stereocenters. The third-order valence-electron chi connectivity index (χ3n) is 5.21. The molecule has 2 rings (SSSR count). The molecule has 0 fully saturated rings. The van der Waals surface area contributed by atoms with E-state index in [1.165, 1.54) is 5.56 Å². The molecule has 2 amide bonds. The Bertz CT molecular complexity index is 795. The van der Waals surface area contributed by atoms with E-state index in [0.29, 0.717) is 18.0 Å². The molecule has 0 aliphatic carbocycles. The maximum absolute atomic E-state index is 12.6. The summed E-state index contributed by atoms with van der Waals surface area (Å²) in [4.78, 5) is 25.8. The zero-order valence-electron chi connectivity index (χ0n) is 17.7. The van der Waals surface area contributed by atoms with Gasteiger partial charge in [-0.1, -0.05) is 43.3 Å². The Labute approximate surface area is 173 Å². The smallest absolute Gasteiger partial charge is 0.279 e. The van der Waals surface area contributed by atoms with Crippen LogP contribution in [0.15, 0.2) is 54.6 Å². The predicted octanol–water partition coefficient (Wildman–Crippen LogP) is 1.85. The number of ether oxygens (including phenoxy) is 1. The Hall–Kier alpha value is -2.86. The van der Waals surface area contributed by atoms with Crippen LogP contribution in [-0.4, -0.2) is 45.1 Å². The molecule has 6 nitrogen and oxygen atoms in total. The van der Waals surface area contributed by atoms with Gasteiger partial charge in [-0.05, 0) is 31.0 Å². The fourth-order valence-corrected chi connectivity index (χ4v) is 3.14. The number of likely N-dealkylation sites (N-methyl/N-ethyl adjacent to an activating group) is 1. The van der Waals surface area contributed by atoms with Gasteiger partial charge in [0.15, 0.2) is 12.6 Å². The van der Waals surface area contributed by atoms with E-state index < -0.39 is 0 Å². The van der Waals surface area contributed by atoms with Gasteiger partial charge in [-0.15, -0.1) is 0 Å². The second kappa shape index (κ2) is 11.2. The fourth-order valence-electron chi connectivity index (χ4n) is 3.14. The SMILES string of the molecule is CC[C@@H](CNC(=O)[C@H](C)[NH+](C)CC(=O)Nc1cccc(OC)c1)c1ccccc1. The third-order valence-corrected chi connectivity index (χ3v) is 5.21. The summed E-state index contributed by atoms with van der Waals surface area (Å²) in [5, 5.41) is 5.89. The van der Waals surface area contributed by atoms with Crippen molar-refractivity contribution in [1.82, 2.24) is 5.32 Å². The molecule has 0 saturated carbocycles. The summed E-state index contributed by atoms with van der Waals surface area (Å²) in [6, 6.07) is 17.1. The van der Waals surface area contributed by atoms with Crippen LogP contribution >= 0.6 is 0 Å². The standard InChI is InChI=1S/C23H31N3O3/c1-5-18(19-10-7-6-8-11-19)15-24-23(28)17(2)26(3)16-22(27)25-20-12-9-13-21(14-20)29-4/h6-14,17-18H,5,15-16H2,1-4H3,(H,24,28)(H,25,27)/p+1/t17-,18-/m0/s1. The molecule has 29 heavy (non-hydrogen) atoms. The molecular formula is C23H32N3O3+. The van der Waals surface area contributed by atoms with Crippen LogP contribution in [0.2, 0.25) is 0 Å². The van der Waals surface area contributed by atoms with E-state index in [2.05, 4.69) is 29.7 Å². The van der Waals surface area contributed by atoms with Crippen LogP contribution in [0.4, 0.5) is 5.69 Å². The average Bonchev–Trinajstić information content (AvgIpc) is 2.74. The summed E-state index contributed by atoms with van der Waals surface area (Å²) in [5.41, 5.74) is 1.90. The largest absolute Gasteiger partial charge is 0.497 e. The zero-order chi connectivity index (χ0) is 21.2. The molecule has 3 N–H and O–H groups in total. The Morgan fingerprint density at radius 1 is 1.10 bits per heavy atom. The van der Waals surface area contributed by atoms with Crippen molar-refractivity contribution in [2.24, 2.45) is 0 Å². The van der Waals surface area contributed by atoms with E-state index in [4.69, 9.17) is 4.74 Å². The number of benzene rings is 2. The Morgan fingerprint density at radius 3 is 2.48 bits per heavy atom. The highest BCUT2D eigenvalue weighted by molar-refractivity contribution is 5.91.